The van der Waals surface area contributed by atoms with Crippen molar-refractivity contribution < 1.29 is 28.7 Å². The van der Waals surface area contributed by atoms with E-state index in [0.717, 1.165) is 117 Å². The summed E-state index contributed by atoms with van der Waals surface area (Å²) < 4.78 is 14.4. The zero-order chi connectivity index (χ0) is 47.3. The quantitative estimate of drug-likeness (QED) is 0.0601. The minimum Gasteiger partial charge on any atom is -0.444 e. The van der Waals surface area contributed by atoms with E-state index in [1.807, 2.05) is 53.3 Å². The Labute approximate surface area is 396 Å². The van der Waals surface area contributed by atoms with Crippen LogP contribution in [-0.2, 0) is 48.5 Å². The van der Waals surface area contributed by atoms with Crippen LogP contribution in [-0.4, -0.2) is 123 Å². The second-order valence-electron chi connectivity index (χ2n) is 19.5. The second kappa shape index (κ2) is 24.3. The Morgan fingerprint density at radius 2 is 1.39 bits per heavy atom. The molecule has 67 heavy (non-hydrogen) atoms. The van der Waals surface area contributed by atoms with Crippen LogP contribution in [0.3, 0.4) is 0 Å². The maximum atomic E-state index is 14.6. The molecule has 3 saturated heterocycles. The largest absolute Gasteiger partial charge is 0.444 e. The van der Waals surface area contributed by atoms with Crippen LogP contribution in [0.5, 0.6) is 0 Å². The highest BCUT2D eigenvalue weighted by molar-refractivity contribution is 5.87. The highest BCUT2D eigenvalue weighted by atomic mass is 16.5. The molecule has 3 aliphatic heterocycles. The number of rotatable bonds is 21. The lowest BCUT2D eigenvalue weighted by atomic mass is 9.88. The summed E-state index contributed by atoms with van der Waals surface area (Å²) in [6, 6.07) is 14.3. The SMILES string of the molecule is CCCCCCCC(=O)OCn1cc2cc(C[C@@H](CC(=O)N3CCC(c4cc5ccccc5n(COC(=O)CCCCC)c4=O)CC3)C(=O)N3CCN(C4CCN(C)CC4)CC3)cc(C)c2n1. The summed E-state index contributed by atoms with van der Waals surface area (Å²) in [7, 11) is 2.18. The smallest absolute Gasteiger partial charge is 0.307 e. The number of carbonyl (C=O) groups is 4. The van der Waals surface area contributed by atoms with Crippen LogP contribution in [0.25, 0.3) is 21.8 Å². The molecule has 0 unspecified atom stereocenters. The molecule has 2 aromatic heterocycles. The van der Waals surface area contributed by atoms with E-state index in [-0.39, 0.29) is 55.1 Å². The van der Waals surface area contributed by atoms with E-state index in [1.54, 1.807) is 9.25 Å². The second-order valence-corrected chi connectivity index (χ2v) is 19.5. The molecule has 5 heterocycles. The van der Waals surface area contributed by atoms with Crippen molar-refractivity contribution in [2.75, 3.05) is 59.4 Å². The number of nitrogens with zero attached hydrogens (tertiary/aromatic N) is 7. The standard InChI is InChI=1S/C53H75N7O7/c1-5-7-9-10-12-18-49(62)66-37-59-36-44-33-40(31-39(3)51(44)54-59)32-43(52(64)58-29-27-56(28-30-58)45-21-23-55(4)24-22-45)35-48(61)57-25-19-41(20-26-57)46-34-42-15-13-14-16-47(42)60(53(46)65)38-67-50(63)17-11-8-6-2/h13-16,31,33-34,36,41,43,45H,5-12,17-30,32,35,37-38H2,1-4H3/t43-/m0/s1. The Morgan fingerprint density at radius 1 is 0.731 bits per heavy atom. The fraction of sp³-hybridized carbons (Fsp3) is 0.623. The van der Waals surface area contributed by atoms with E-state index in [0.29, 0.717) is 69.9 Å². The van der Waals surface area contributed by atoms with Gasteiger partial charge in [0.15, 0.2) is 13.5 Å². The molecule has 0 radical (unpaired) electrons. The van der Waals surface area contributed by atoms with Crippen LogP contribution in [0.1, 0.15) is 133 Å². The highest BCUT2D eigenvalue weighted by Gasteiger charge is 2.34. The predicted molar refractivity (Wildman–Crippen MR) is 261 cm³/mol. The number of hydrogen-bond donors (Lipinski definition) is 0. The van der Waals surface area contributed by atoms with Crippen molar-refractivity contribution in [2.45, 2.75) is 149 Å². The lowest BCUT2D eigenvalue weighted by Gasteiger charge is -2.43. The van der Waals surface area contributed by atoms with Gasteiger partial charge in [-0.25, -0.2) is 4.68 Å². The van der Waals surface area contributed by atoms with Gasteiger partial charge < -0.3 is 24.2 Å². The molecule has 364 valence electrons. The normalized spacial score (nSPS) is 17.3. The zero-order valence-corrected chi connectivity index (χ0v) is 40.7. The molecule has 2 amide bonds. The molecule has 1 atom stereocenters. The molecule has 3 fully saturated rings. The first kappa shape index (κ1) is 49.8. The summed E-state index contributed by atoms with van der Waals surface area (Å²) in [5, 5.41) is 6.53. The summed E-state index contributed by atoms with van der Waals surface area (Å²) in [6.45, 7) is 12.3. The van der Waals surface area contributed by atoms with Gasteiger partial charge in [0.25, 0.3) is 5.56 Å². The number of aryl methyl sites for hydroxylation is 1. The summed E-state index contributed by atoms with van der Waals surface area (Å²) in [4.78, 5) is 76.9. The van der Waals surface area contributed by atoms with Gasteiger partial charge >= 0.3 is 11.9 Å². The Balaban J connectivity index is 1.02. The fourth-order valence-corrected chi connectivity index (χ4v) is 10.4. The van der Waals surface area contributed by atoms with Crippen molar-refractivity contribution in [1.29, 1.82) is 0 Å². The van der Waals surface area contributed by atoms with Gasteiger partial charge in [-0.3, -0.25) is 33.4 Å². The number of aromatic nitrogens is 3. The number of pyridine rings is 1. The molecule has 3 aliphatic rings. The number of benzene rings is 2. The molecule has 0 aliphatic carbocycles. The Hall–Kier alpha value is -5.08. The number of esters is 2. The molecular formula is C53H75N7O7. The van der Waals surface area contributed by atoms with Gasteiger partial charge in [0.2, 0.25) is 11.8 Å². The van der Waals surface area contributed by atoms with E-state index in [1.165, 1.54) is 6.42 Å². The van der Waals surface area contributed by atoms with Gasteiger partial charge in [-0.15, -0.1) is 0 Å². The van der Waals surface area contributed by atoms with Gasteiger partial charge in [0.05, 0.1) is 17.0 Å². The number of likely N-dealkylation sites (tertiary alicyclic amines) is 2. The summed E-state index contributed by atoms with van der Waals surface area (Å²) in [6.07, 6.45) is 14.7. The van der Waals surface area contributed by atoms with Crippen molar-refractivity contribution in [3.8, 4) is 0 Å². The Morgan fingerprint density at radius 3 is 2.10 bits per heavy atom. The first-order valence-electron chi connectivity index (χ1n) is 25.4. The van der Waals surface area contributed by atoms with Crippen molar-refractivity contribution in [3.63, 3.8) is 0 Å². The number of para-hydroxylation sites is 1. The average molecular weight is 922 g/mol. The molecule has 7 rings (SSSR count). The summed E-state index contributed by atoms with van der Waals surface area (Å²) in [5.41, 5.74) is 3.95. The van der Waals surface area contributed by atoms with E-state index in [9.17, 15) is 24.0 Å². The Kier molecular flexibility index (Phi) is 18.0. The number of ether oxygens (including phenoxy) is 2. The predicted octanol–water partition coefficient (Wildman–Crippen LogP) is 7.80. The molecule has 0 spiro atoms. The van der Waals surface area contributed by atoms with Crippen molar-refractivity contribution in [3.05, 3.63) is 75.7 Å². The average Bonchev–Trinajstić information content (AvgIpc) is 3.76. The summed E-state index contributed by atoms with van der Waals surface area (Å²) in [5.74, 6) is -1.18. The van der Waals surface area contributed by atoms with E-state index >= 15 is 0 Å². The summed E-state index contributed by atoms with van der Waals surface area (Å²) >= 11 is 0. The van der Waals surface area contributed by atoms with Crippen molar-refractivity contribution >= 4 is 45.6 Å². The minimum absolute atomic E-state index is 0.0177. The molecular weight excluding hydrogens is 847 g/mol. The van der Waals surface area contributed by atoms with Crippen LogP contribution in [0.4, 0.5) is 0 Å². The maximum Gasteiger partial charge on any atom is 0.307 e. The molecule has 0 N–H and O–H groups in total. The zero-order valence-electron chi connectivity index (χ0n) is 40.7. The molecule has 4 aromatic rings. The first-order chi connectivity index (χ1) is 32.5. The number of piperazine rings is 1. The van der Waals surface area contributed by atoms with E-state index < -0.39 is 5.92 Å². The number of unbranched alkanes of at least 4 members (excludes halogenated alkanes) is 6. The monoisotopic (exact) mass is 922 g/mol. The molecule has 2 aromatic carbocycles. The number of hydrogen-bond acceptors (Lipinski definition) is 10. The molecule has 0 saturated carbocycles. The number of fused-ring (bicyclic) bond motifs is 2. The number of amides is 2. The first-order valence-corrected chi connectivity index (χ1v) is 25.4. The Bertz CT molecular complexity index is 2350. The lowest BCUT2D eigenvalue weighted by molar-refractivity contribution is -0.148. The third kappa shape index (κ3) is 13.3. The third-order valence-corrected chi connectivity index (χ3v) is 14.5. The van der Waals surface area contributed by atoms with E-state index in [2.05, 4.69) is 42.8 Å². The highest BCUT2D eigenvalue weighted by Crippen LogP contribution is 2.30. The number of piperidine rings is 2. The molecule has 14 nitrogen and oxygen atoms in total. The van der Waals surface area contributed by atoms with Gasteiger partial charge in [-0.2, -0.15) is 5.10 Å². The van der Waals surface area contributed by atoms with E-state index in [4.69, 9.17) is 14.6 Å². The topological polar surface area (TPSA) is 140 Å². The lowest BCUT2D eigenvalue weighted by Crippen LogP contribution is -2.55. The third-order valence-electron chi connectivity index (χ3n) is 14.5. The number of carbonyl (C=O) groups excluding carboxylic acids is 4. The van der Waals surface area contributed by atoms with Crippen LogP contribution in [0.2, 0.25) is 0 Å². The van der Waals surface area contributed by atoms with Crippen LogP contribution < -0.4 is 5.56 Å². The van der Waals surface area contributed by atoms with Crippen molar-refractivity contribution in [1.82, 2.24) is 33.9 Å². The van der Waals surface area contributed by atoms with Crippen LogP contribution in [0.15, 0.2) is 53.5 Å². The maximum absolute atomic E-state index is 14.6. The molecule has 14 heteroatoms. The van der Waals surface area contributed by atoms with Gasteiger partial charge in [0, 0.05) is 81.7 Å². The van der Waals surface area contributed by atoms with Crippen LogP contribution >= 0.6 is 0 Å². The minimum atomic E-state index is -0.553. The van der Waals surface area contributed by atoms with Gasteiger partial charge in [0.1, 0.15) is 0 Å². The fourth-order valence-electron chi connectivity index (χ4n) is 10.4. The van der Waals surface area contributed by atoms with Crippen molar-refractivity contribution in [2.24, 2.45) is 5.92 Å². The molecule has 0 bridgehead atoms. The van der Waals surface area contributed by atoms with Gasteiger partial charge in [-0.05, 0) is 113 Å². The van der Waals surface area contributed by atoms with Crippen LogP contribution in [0, 0.1) is 12.8 Å². The van der Waals surface area contributed by atoms with Gasteiger partial charge in [-0.1, -0.05) is 76.6 Å².